The van der Waals surface area contributed by atoms with Crippen molar-refractivity contribution in [1.29, 1.82) is 0 Å². The van der Waals surface area contributed by atoms with Gasteiger partial charge in [-0.2, -0.15) is 0 Å². The van der Waals surface area contributed by atoms with Gasteiger partial charge in [0.2, 0.25) is 0 Å². The van der Waals surface area contributed by atoms with Gasteiger partial charge in [-0.15, -0.1) is 0 Å². The largest absolute Gasteiger partial charge is 0.507 e. The third-order valence-corrected chi connectivity index (χ3v) is 7.68. The number of rotatable bonds is 4. The van der Waals surface area contributed by atoms with E-state index in [2.05, 4.69) is 20.9 Å². The number of esters is 2. The number of phenols is 1. The van der Waals surface area contributed by atoms with Crippen molar-refractivity contribution >= 4 is 45.2 Å². The van der Waals surface area contributed by atoms with Crippen molar-refractivity contribution in [3.8, 4) is 5.75 Å². The average molecular weight is 586 g/mol. The van der Waals surface area contributed by atoms with Crippen LogP contribution >= 0.6 is 15.9 Å². The first-order valence-corrected chi connectivity index (χ1v) is 13.3. The third-order valence-electron chi connectivity index (χ3n) is 7.04. The highest BCUT2D eigenvalue weighted by Gasteiger charge is 2.45. The van der Waals surface area contributed by atoms with Crippen LogP contribution in [0.2, 0.25) is 0 Å². The molecule has 2 aliphatic carbocycles. The molecule has 3 aliphatic rings. The maximum absolute atomic E-state index is 13.8. The third kappa shape index (κ3) is 4.33. The summed E-state index contributed by atoms with van der Waals surface area (Å²) < 4.78 is 16.9. The average Bonchev–Trinajstić information content (AvgIpc) is 2.87. The summed E-state index contributed by atoms with van der Waals surface area (Å²) in [6.45, 7) is 2.46. The van der Waals surface area contributed by atoms with Crippen LogP contribution in [-0.4, -0.2) is 63.0 Å². The summed E-state index contributed by atoms with van der Waals surface area (Å²) in [5.74, 6) is -3.02. The molecule has 4 atom stereocenters. The summed E-state index contributed by atoms with van der Waals surface area (Å²) in [5.41, 5.74) is 0.614. The smallest absolute Gasteiger partial charge is 0.303 e. The van der Waals surface area contributed by atoms with Gasteiger partial charge in [0.15, 0.2) is 23.5 Å². The molecule has 0 spiro atoms. The maximum atomic E-state index is 13.8. The quantitative estimate of drug-likeness (QED) is 0.357. The molecule has 5 rings (SSSR count). The second kappa shape index (κ2) is 10.0. The SMILES string of the molecule is CC(=O)O[C@H]1[C@H](OC(C)=O)C[C@H](c2ccc3c(c2O)C(=O)c2c(cnc4c2C(=O)CCC4)C3=O)O[C@@H]1CBr. The molecule has 0 radical (unpaired) electrons. The number of aromatic nitrogens is 1. The Morgan fingerprint density at radius 2 is 1.76 bits per heavy atom. The molecule has 1 aliphatic heterocycles. The summed E-state index contributed by atoms with van der Waals surface area (Å²) in [4.78, 5) is 67.6. The van der Waals surface area contributed by atoms with Crippen LogP contribution < -0.4 is 0 Å². The van der Waals surface area contributed by atoms with Crippen LogP contribution in [-0.2, 0) is 30.2 Å². The first-order chi connectivity index (χ1) is 18.1. The summed E-state index contributed by atoms with van der Waals surface area (Å²) in [7, 11) is 0. The number of phenolic OH excluding ortho intramolecular Hbond substituents is 1. The predicted molar refractivity (Wildman–Crippen MR) is 134 cm³/mol. The summed E-state index contributed by atoms with van der Waals surface area (Å²) in [6, 6.07) is 2.91. The van der Waals surface area contributed by atoms with Gasteiger partial charge in [-0.3, -0.25) is 29.0 Å². The number of aryl methyl sites for hydroxylation is 1. The highest BCUT2D eigenvalue weighted by molar-refractivity contribution is 9.09. The van der Waals surface area contributed by atoms with E-state index in [4.69, 9.17) is 14.2 Å². The molecule has 0 bridgehead atoms. The zero-order valence-corrected chi connectivity index (χ0v) is 22.2. The Labute approximate surface area is 225 Å². The lowest BCUT2D eigenvalue weighted by molar-refractivity contribution is -0.203. The van der Waals surface area contributed by atoms with Crippen LogP contribution in [0.4, 0.5) is 0 Å². The number of nitrogens with zero attached hydrogens (tertiary/aromatic N) is 1. The molecule has 0 saturated carbocycles. The molecule has 2 heterocycles. The van der Waals surface area contributed by atoms with Gasteiger partial charge in [-0.25, -0.2) is 0 Å². The molecule has 38 heavy (non-hydrogen) atoms. The lowest BCUT2D eigenvalue weighted by Gasteiger charge is -2.40. The zero-order valence-electron chi connectivity index (χ0n) is 20.6. The Balaban J connectivity index is 1.57. The fraction of sp³-hybridized carbons (Fsp3) is 0.407. The fourth-order valence-corrected chi connectivity index (χ4v) is 5.99. The molecule has 2 aromatic rings. The van der Waals surface area contributed by atoms with E-state index in [0.29, 0.717) is 18.5 Å². The normalized spacial score (nSPS) is 24.2. The Hall–Kier alpha value is -3.44. The van der Waals surface area contributed by atoms with E-state index in [9.17, 15) is 29.1 Å². The standard InChI is InChI=1S/C27H24BrNO9/c1-11(30)36-19-8-18(38-20(9-28)27(19)37-12(2)31)13-6-7-14-22(25(13)34)26(35)21-15(24(14)33)10-29-16-4-3-5-17(32)23(16)21/h6-7,10,18-20,27,34H,3-5,8-9H2,1-2H3/t18-,19-,20-,27+/m1/s1. The molecule has 1 saturated heterocycles. The van der Waals surface area contributed by atoms with Crippen LogP contribution in [0.3, 0.4) is 0 Å². The predicted octanol–water partition coefficient (Wildman–Crippen LogP) is 3.17. The van der Waals surface area contributed by atoms with E-state index in [0.717, 1.165) is 0 Å². The number of fused-ring (bicyclic) bond motifs is 4. The summed E-state index contributed by atoms with van der Waals surface area (Å²) in [6.07, 6.45) is -0.682. The van der Waals surface area contributed by atoms with Crippen molar-refractivity contribution in [3.63, 3.8) is 0 Å². The number of aromatic hydroxyl groups is 1. The van der Waals surface area contributed by atoms with Gasteiger partial charge in [-0.05, 0) is 18.9 Å². The number of halogens is 1. The Morgan fingerprint density at radius 3 is 2.45 bits per heavy atom. The van der Waals surface area contributed by atoms with Gasteiger partial charge in [0, 0.05) is 54.9 Å². The van der Waals surface area contributed by atoms with Crippen molar-refractivity contribution in [2.45, 2.75) is 63.9 Å². The highest BCUT2D eigenvalue weighted by Crippen LogP contribution is 2.44. The number of hydrogen-bond acceptors (Lipinski definition) is 10. The van der Waals surface area contributed by atoms with E-state index in [1.165, 1.54) is 32.2 Å². The van der Waals surface area contributed by atoms with Gasteiger partial charge >= 0.3 is 11.9 Å². The highest BCUT2D eigenvalue weighted by atomic mass is 79.9. The number of pyridine rings is 1. The van der Waals surface area contributed by atoms with Crippen molar-refractivity contribution < 1.29 is 43.3 Å². The molecule has 10 nitrogen and oxygen atoms in total. The minimum Gasteiger partial charge on any atom is -0.507 e. The number of ketones is 3. The molecule has 0 amide bonds. The second-order valence-electron chi connectivity index (χ2n) is 9.50. The summed E-state index contributed by atoms with van der Waals surface area (Å²) in [5, 5.41) is 11.6. The van der Waals surface area contributed by atoms with Crippen LogP contribution in [0.5, 0.6) is 5.75 Å². The van der Waals surface area contributed by atoms with Crippen molar-refractivity contribution in [3.05, 3.63) is 57.4 Å². The van der Waals surface area contributed by atoms with Gasteiger partial charge in [0.1, 0.15) is 18.0 Å². The molecule has 1 N–H and O–H groups in total. The number of alkyl halides is 1. The van der Waals surface area contributed by atoms with Crippen LogP contribution in [0.1, 0.15) is 92.7 Å². The Kier molecular flexibility index (Phi) is 6.91. The zero-order chi connectivity index (χ0) is 27.3. The van der Waals surface area contributed by atoms with Crippen molar-refractivity contribution in [1.82, 2.24) is 4.98 Å². The lowest BCUT2D eigenvalue weighted by atomic mass is 9.77. The molecular weight excluding hydrogens is 562 g/mol. The van der Waals surface area contributed by atoms with E-state index in [1.807, 2.05) is 0 Å². The number of carbonyl (C=O) groups excluding carboxylic acids is 5. The van der Waals surface area contributed by atoms with E-state index < -0.39 is 53.7 Å². The van der Waals surface area contributed by atoms with E-state index in [-0.39, 0.29) is 57.3 Å². The number of carbonyl (C=O) groups is 5. The number of hydrogen-bond donors (Lipinski definition) is 1. The monoisotopic (exact) mass is 585 g/mol. The van der Waals surface area contributed by atoms with E-state index in [1.54, 1.807) is 0 Å². The van der Waals surface area contributed by atoms with E-state index >= 15 is 0 Å². The first-order valence-electron chi connectivity index (χ1n) is 12.2. The number of ether oxygens (including phenoxy) is 3. The second-order valence-corrected chi connectivity index (χ2v) is 10.2. The fourth-order valence-electron chi connectivity index (χ4n) is 5.47. The molecule has 11 heteroatoms. The topological polar surface area (TPSA) is 146 Å². The molecular formula is C27H24BrNO9. The molecule has 1 aromatic heterocycles. The van der Waals surface area contributed by atoms with Gasteiger partial charge in [0.25, 0.3) is 0 Å². The minimum atomic E-state index is -0.896. The Bertz CT molecular complexity index is 1400. The van der Waals surface area contributed by atoms with Gasteiger partial charge in [0.05, 0.1) is 28.5 Å². The molecule has 1 fully saturated rings. The molecule has 1 aromatic carbocycles. The first kappa shape index (κ1) is 26.2. The maximum Gasteiger partial charge on any atom is 0.303 e. The van der Waals surface area contributed by atoms with Gasteiger partial charge < -0.3 is 19.3 Å². The Morgan fingerprint density at radius 1 is 1.03 bits per heavy atom. The van der Waals surface area contributed by atoms with Crippen molar-refractivity contribution in [2.24, 2.45) is 0 Å². The van der Waals surface area contributed by atoms with Crippen LogP contribution in [0, 0.1) is 0 Å². The van der Waals surface area contributed by atoms with Crippen LogP contribution in [0.15, 0.2) is 18.3 Å². The van der Waals surface area contributed by atoms with Crippen molar-refractivity contribution in [2.75, 3.05) is 5.33 Å². The molecule has 198 valence electrons. The summed E-state index contributed by atoms with van der Waals surface area (Å²) >= 11 is 3.33. The minimum absolute atomic E-state index is 0.00376. The number of Topliss-reactive ketones (excluding diaryl/α,β-unsaturated/α-hetero) is 1. The molecule has 0 unspecified atom stereocenters. The van der Waals surface area contributed by atoms with Crippen LogP contribution in [0.25, 0.3) is 0 Å². The lowest BCUT2D eigenvalue weighted by Crippen LogP contribution is -2.50. The van der Waals surface area contributed by atoms with Gasteiger partial charge in [-0.1, -0.05) is 22.0 Å². The number of benzene rings is 1.